The van der Waals surface area contributed by atoms with Crippen LogP contribution in [0.25, 0.3) is 0 Å². The van der Waals surface area contributed by atoms with Crippen molar-refractivity contribution in [3.8, 4) is 0 Å². The molecule has 2 nitrogen and oxygen atoms in total. The molecule has 0 amide bonds. The van der Waals surface area contributed by atoms with E-state index in [2.05, 4.69) is 0 Å². The van der Waals surface area contributed by atoms with Gasteiger partial charge in [0.1, 0.15) is 0 Å². The summed E-state index contributed by atoms with van der Waals surface area (Å²) in [5.41, 5.74) is 1.70. The molecule has 0 unspecified atom stereocenters. The Hall–Kier alpha value is -1.18. The first-order valence-electron chi connectivity index (χ1n) is 4.77. The topological polar surface area (TPSA) is 34.1 Å². The maximum Gasteiger partial charge on any atom is 0.156 e. The molecule has 0 spiro atoms. The molecule has 0 saturated carbocycles. The summed E-state index contributed by atoms with van der Waals surface area (Å²) in [6.07, 6.45) is 3.75. The molecule has 0 N–H and O–H groups in total. The molecule has 0 heterocycles. The smallest absolute Gasteiger partial charge is 0.156 e. The normalized spacial score (nSPS) is 23.6. The quantitative estimate of drug-likeness (QED) is 0.598. The van der Waals surface area contributed by atoms with Crippen LogP contribution in [0.2, 0.25) is 0 Å². The molecule has 1 rings (SSSR count). The Bertz CT molecular complexity index is 343. The van der Waals surface area contributed by atoms with E-state index in [0.29, 0.717) is 6.42 Å². The highest BCUT2D eigenvalue weighted by Crippen LogP contribution is 2.38. The summed E-state index contributed by atoms with van der Waals surface area (Å²) in [7, 11) is 0. The summed E-state index contributed by atoms with van der Waals surface area (Å²) in [4.78, 5) is 22.4. The van der Waals surface area contributed by atoms with Gasteiger partial charge < -0.3 is 0 Å². The number of hydrogen-bond acceptors (Lipinski definition) is 2. The molecule has 0 aromatic rings. The molecular weight excluding hydrogens is 176 g/mol. The van der Waals surface area contributed by atoms with Gasteiger partial charge in [-0.05, 0) is 42.6 Å². The van der Waals surface area contributed by atoms with Crippen molar-refractivity contribution in [3.05, 3.63) is 23.3 Å². The van der Waals surface area contributed by atoms with E-state index in [0.717, 1.165) is 11.1 Å². The minimum Gasteiger partial charge on any atom is -0.295 e. The molecule has 0 saturated heterocycles. The van der Waals surface area contributed by atoms with Crippen LogP contribution in [0.3, 0.4) is 0 Å². The monoisotopic (exact) mass is 192 g/mol. The molecule has 0 fully saturated rings. The van der Waals surface area contributed by atoms with Crippen LogP contribution in [0.15, 0.2) is 23.3 Å². The van der Waals surface area contributed by atoms with Crippen LogP contribution in [0.5, 0.6) is 0 Å². The van der Waals surface area contributed by atoms with Crippen LogP contribution in [0.4, 0.5) is 0 Å². The van der Waals surface area contributed by atoms with E-state index in [1.165, 1.54) is 6.92 Å². The molecule has 14 heavy (non-hydrogen) atoms. The standard InChI is InChI=1S/C12H16O2/c1-8-5-10(14)7-12(3,4)11(8)6-9(2)13/h5-6H,7H2,1-4H3/b11-6-. The molecule has 1 aliphatic rings. The lowest BCUT2D eigenvalue weighted by Gasteiger charge is -2.31. The minimum absolute atomic E-state index is 0.0372. The predicted molar refractivity (Wildman–Crippen MR) is 55.9 cm³/mol. The Morgan fingerprint density at radius 3 is 2.50 bits per heavy atom. The molecule has 76 valence electrons. The number of ketones is 2. The molecule has 0 radical (unpaired) electrons. The molecular formula is C12H16O2. The van der Waals surface area contributed by atoms with E-state index in [-0.39, 0.29) is 17.0 Å². The fourth-order valence-electron chi connectivity index (χ4n) is 1.95. The van der Waals surface area contributed by atoms with Gasteiger partial charge in [-0.3, -0.25) is 9.59 Å². The summed E-state index contributed by atoms with van der Waals surface area (Å²) in [6.45, 7) is 7.41. The van der Waals surface area contributed by atoms with Crippen molar-refractivity contribution >= 4 is 11.6 Å². The van der Waals surface area contributed by atoms with Crippen LogP contribution in [-0.2, 0) is 9.59 Å². The van der Waals surface area contributed by atoms with Gasteiger partial charge in [0.15, 0.2) is 11.6 Å². The Balaban J connectivity index is 3.20. The minimum atomic E-state index is -0.207. The Labute approximate surface area is 84.7 Å². The molecule has 0 aromatic carbocycles. The van der Waals surface area contributed by atoms with Gasteiger partial charge in [0.2, 0.25) is 0 Å². The number of carbonyl (C=O) groups excluding carboxylic acids is 2. The van der Waals surface area contributed by atoms with Gasteiger partial charge in [-0.25, -0.2) is 0 Å². The summed E-state index contributed by atoms with van der Waals surface area (Å²) in [5.74, 6) is 0.184. The van der Waals surface area contributed by atoms with Crippen molar-refractivity contribution in [2.45, 2.75) is 34.1 Å². The third kappa shape index (κ3) is 2.19. The molecule has 0 aromatic heterocycles. The average molecular weight is 192 g/mol. The summed E-state index contributed by atoms with van der Waals surface area (Å²) in [6, 6.07) is 0. The summed E-state index contributed by atoms with van der Waals surface area (Å²) in [5, 5.41) is 0. The fraction of sp³-hybridized carbons (Fsp3) is 0.500. The van der Waals surface area contributed by atoms with Crippen LogP contribution < -0.4 is 0 Å². The van der Waals surface area contributed by atoms with Gasteiger partial charge >= 0.3 is 0 Å². The number of carbonyl (C=O) groups is 2. The van der Waals surface area contributed by atoms with Gasteiger partial charge in [0.05, 0.1) is 0 Å². The van der Waals surface area contributed by atoms with Crippen LogP contribution in [0, 0.1) is 5.41 Å². The first-order chi connectivity index (χ1) is 6.33. The van der Waals surface area contributed by atoms with E-state index in [1.54, 1.807) is 12.2 Å². The second-order valence-corrected chi connectivity index (χ2v) is 4.52. The van der Waals surface area contributed by atoms with Crippen molar-refractivity contribution in [2.75, 3.05) is 0 Å². The largest absolute Gasteiger partial charge is 0.295 e. The maximum absolute atomic E-state index is 11.3. The van der Waals surface area contributed by atoms with Gasteiger partial charge in [-0.2, -0.15) is 0 Å². The lowest BCUT2D eigenvalue weighted by molar-refractivity contribution is -0.116. The van der Waals surface area contributed by atoms with E-state index in [4.69, 9.17) is 0 Å². The number of hydrogen-bond donors (Lipinski definition) is 0. The average Bonchev–Trinajstić information content (AvgIpc) is 1.95. The molecule has 0 aliphatic heterocycles. The van der Waals surface area contributed by atoms with Crippen LogP contribution in [-0.4, -0.2) is 11.6 Å². The van der Waals surface area contributed by atoms with Gasteiger partial charge in [0.25, 0.3) is 0 Å². The zero-order chi connectivity index (χ0) is 10.9. The van der Waals surface area contributed by atoms with E-state index < -0.39 is 0 Å². The van der Waals surface area contributed by atoms with Crippen molar-refractivity contribution in [1.29, 1.82) is 0 Å². The Morgan fingerprint density at radius 2 is 2.07 bits per heavy atom. The predicted octanol–water partition coefficient (Wildman–Crippen LogP) is 2.45. The van der Waals surface area contributed by atoms with Crippen LogP contribution >= 0.6 is 0 Å². The second kappa shape index (κ2) is 3.52. The SMILES string of the molecule is CC(=O)/C=C1/C(C)=CC(=O)CC1(C)C. The fourth-order valence-corrected chi connectivity index (χ4v) is 1.95. The van der Waals surface area contributed by atoms with E-state index in [9.17, 15) is 9.59 Å². The second-order valence-electron chi connectivity index (χ2n) is 4.52. The number of allylic oxidation sites excluding steroid dienone is 4. The summed E-state index contributed by atoms with van der Waals surface area (Å²) < 4.78 is 0. The highest BCUT2D eigenvalue weighted by molar-refractivity contribution is 5.96. The van der Waals surface area contributed by atoms with E-state index >= 15 is 0 Å². The zero-order valence-electron chi connectivity index (χ0n) is 9.18. The molecule has 0 atom stereocenters. The van der Waals surface area contributed by atoms with E-state index in [1.807, 2.05) is 20.8 Å². The van der Waals surface area contributed by atoms with Crippen LogP contribution in [0.1, 0.15) is 34.1 Å². The Morgan fingerprint density at radius 1 is 1.50 bits per heavy atom. The lowest BCUT2D eigenvalue weighted by atomic mass is 9.72. The highest BCUT2D eigenvalue weighted by Gasteiger charge is 2.30. The molecule has 1 aliphatic carbocycles. The van der Waals surface area contributed by atoms with Crippen molar-refractivity contribution in [3.63, 3.8) is 0 Å². The molecule has 2 heteroatoms. The number of rotatable bonds is 1. The van der Waals surface area contributed by atoms with Gasteiger partial charge in [-0.1, -0.05) is 13.8 Å². The first-order valence-corrected chi connectivity index (χ1v) is 4.77. The summed E-state index contributed by atoms with van der Waals surface area (Å²) >= 11 is 0. The van der Waals surface area contributed by atoms with Gasteiger partial charge in [-0.15, -0.1) is 0 Å². The Kier molecular flexibility index (Phi) is 2.74. The maximum atomic E-state index is 11.3. The third-order valence-corrected chi connectivity index (χ3v) is 2.50. The zero-order valence-corrected chi connectivity index (χ0v) is 9.18. The van der Waals surface area contributed by atoms with Crippen molar-refractivity contribution < 1.29 is 9.59 Å². The highest BCUT2D eigenvalue weighted by atomic mass is 16.1. The van der Waals surface area contributed by atoms with Gasteiger partial charge in [0, 0.05) is 6.42 Å². The first kappa shape index (κ1) is 10.9. The third-order valence-electron chi connectivity index (χ3n) is 2.50. The molecule has 0 bridgehead atoms. The lowest BCUT2D eigenvalue weighted by Crippen LogP contribution is -2.24. The van der Waals surface area contributed by atoms with Crippen molar-refractivity contribution in [1.82, 2.24) is 0 Å². The van der Waals surface area contributed by atoms with Crippen molar-refractivity contribution in [2.24, 2.45) is 5.41 Å².